The summed E-state index contributed by atoms with van der Waals surface area (Å²) in [6.45, 7) is 7.39. The maximum Gasteiger partial charge on any atom is 0.272 e. The summed E-state index contributed by atoms with van der Waals surface area (Å²) in [4.78, 5) is 25.1. The number of rotatable bonds is 4. The highest BCUT2D eigenvalue weighted by Gasteiger charge is 2.24. The third-order valence-corrected chi connectivity index (χ3v) is 4.19. The van der Waals surface area contributed by atoms with Crippen LogP contribution in [0, 0.1) is 12.3 Å². The van der Waals surface area contributed by atoms with E-state index >= 15 is 0 Å². The van der Waals surface area contributed by atoms with E-state index in [1.165, 1.54) is 0 Å². The molecular weight excluding hydrogens is 392 g/mol. The monoisotopic (exact) mass is 414 g/mol. The van der Waals surface area contributed by atoms with Crippen LogP contribution >= 0.6 is 15.9 Å². The number of amides is 2. The van der Waals surface area contributed by atoms with E-state index in [2.05, 4.69) is 26.6 Å². The second-order valence-corrected chi connectivity index (χ2v) is 8.05. The number of carbonyl (C=O) groups is 2. The van der Waals surface area contributed by atoms with Gasteiger partial charge >= 0.3 is 0 Å². The maximum absolute atomic E-state index is 12.7. The van der Waals surface area contributed by atoms with Crippen molar-refractivity contribution in [1.29, 1.82) is 0 Å². The van der Waals surface area contributed by atoms with Gasteiger partial charge in [-0.25, -0.2) is 0 Å². The summed E-state index contributed by atoms with van der Waals surface area (Å²) in [5, 5.41) is 5.58. The van der Waals surface area contributed by atoms with E-state index in [-0.39, 0.29) is 17.5 Å². The third kappa shape index (κ3) is 5.85. The molecular formula is C21H23BrN2O2. The van der Waals surface area contributed by atoms with Crippen LogP contribution in [0.1, 0.15) is 31.9 Å². The molecule has 2 rings (SSSR count). The Morgan fingerprint density at radius 3 is 2.08 bits per heavy atom. The van der Waals surface area contributed by atoms with Gasteiger partial charge < -0.3 is 10.6 Å². The van der Waals surface area contributed by atoms with Crippen LogP contribution in [0.2, 0.25) is 0 Å². The van der Waals surface area contributed by atoms with Gasteiger partial charge in [-0.15, -0.1) is 0 Å². The highest BCUT2D eigenvalue weighted by Crippen LogP contribution is 2.17. The fourth-order valence-electron chi connectivity index (χ4n) is 2.03. The van der Waals surface area contributed by atoms with Crippen molar-refractivity contribution < 1.29 is 9.59 Å². The van der Waals surface area contributed by atoms with Gasteiger partial charge in [0.15, 0.2) is 0 Å². The van der Waals surface area contributed by atoms with E-state index in [9.17, 15) is 9.59 Å². The quantitative estimate of drug-likeness (QED) is 0.698. The fourth-order valence-corrected chi connectivity index (χ4v) is 2.29. The van der Waals surface area contributed by atoms with Crippen LogP contribution in [0.3, 0.4) is 0 Å². The Labute approximate surface area is 162 Å². The second kappa shape index (κ2) is 8.32. The average Bonchev–Trinajstić information content (AvgIpc) is 2.57. The van der Waals surface area contributed by atoms with Crippen molar-refractivity contribution in [2.75, 3.05) is 5.32 Å². The zero-order valence-electron chi connectivity index (χ0n) is 15.4. The molecule has 2 aromatic carbocycles. The minimum absolute atomic E-state index is 0.202. The summed E-state index contributed by atoms with van der Waals surface area (Å²) < 4.78 is 0.944. The zero-order valence-corrected chi connectivity index (χ0v) is 17.0. The second-order valence-electron chi connectivity index (χ2n) is 7.13. The number of benzene rings is 2. The molecule has 0 bridgehead atoms. The Balaban J connectivity index is 2.29. The van der Waals surface area contributed by atoms with Crippen molar-refractivity contribution >= 4 is 39.5 Å². The van der Waals surface area contributed by atoms with Gasteiger partial charge in [0, 0.05) is 15.6 Å². The van der Waals surface area contributed by atoms with Crippen LogP contribution in [0.5, 0.6) is 0 Å². The van der Waals surface area contributed by atoms with E-state index < -0.39 is 5.41 Å². The van der Waals surface area contributed by atoms with Crippen molar-refractivity contribution in [2.24, 2.45) is 5.41 Å². The summed E-state index contributed by atoms with van der Waals surface area (Å²) >= 11 is 3.39. The molecule has 4 nitrogen and oxygen atoms in total. The number of carbonyl (C=O) groups excluding carboxylic acids is 2. The number of nitrogens with one attached hydrogen (secondary N) is 2. The molecule has 0 saturated carbocycles. The summed E-state index contributed by atoms with van der Waals surface area (Å²) in [7, 11) is 0. The van der Waals surface area contributed by atoms with Crippen molar-refractivity contribution in [1.82, 2.24) is 5.32 Å². The molecule has 2 aromatic rings. The van der Waals surface area contributed by atoms with E-state index in [0.29, 0.717) is 5.69 Å². The lowest BCUT2D eigenvalue weighted by Gasteiger charge is -2.19. The Morgan fingerprint density at radius 1 is 0.962 bits per heavy atom. The van der Waals surface area contributed by atoms with Crippen LogP contribution in [-0.4, -0.2) is 11.8 Å². The van der Waals surface area contributed by atoms with Crippen LogP contribution in [0.25, 0.3) is 6.08 Å². The zero-order chi connectivity index (χ0) is 19.3. The number of anilines is 1. The Bertz CT molecular complexity index is 817. The first-order valence-electron chi connectivity index (χ1n) is 8.32. The minimum Gasteiger partial charge on any atom is -0.321 e. The van der Waals surface area contributed by atoms with E-state index in [1.807, 2.05) is 55.5 Å². The number of aryl methyl sites for hydroxylation is 1. The summed E-state index contributed by atoms with van der Waals surface area (Å²) in [6, 6.07) is 15.0. The SMILES string of the molecule is Cc1ccc(NC(=O)/C(=C/c2ccc(Br)cc2)NC(=O)C(C)(C)C)cc1. The first-order chi connectivity index (χ1) is 12.1. The average molecular weight is 415 g/mol. The summed E-state index contributed by atoms with van der Waals surface area (Å²) in [5.74, 6) is -0.589. The van der Waals surface area contributed by atoms with Crippen LogP contribution < -0.4 is 10.6 Å². The largest absolute Gasteiger partial charge is 0.321 e. The van der Waals surface area contributed by atoms with Gasteiger partial charge in [0.25, 0.3) is 5.91 Å². The lowest BCUT2D eigenvalue weighted by Crippen LogP contribution is -2.38. The molecule has 2 N–H and O–H groups in total. The molecule has 0 spiro atoms. The van der Waals surface area contributed by atoms with Crippen molar-refractivity contribution in [3.63, 3.8) is 0 Å². The molecule has 0 aromatic heterocycles. The standard InChI is InChI=1S/C21H23BrN2O2/c1-14-5-11-17(12-6-14)23-19(25)18(24-20(26)21(2,3)4)13-15-7-9-16(22)10-8-15/h5-13H,1-4H3,(H,23,25)(H,24,26)/b18-13-. The number of hydrogen-bond donors (Lipinski definition) is 2. The Morgan fingerprint density at radius 2 is 1.54 bits per heavy atom. The van der Waals surface area contributed by atoms with Crippen molar-refractivity contribution in [3.8, 4) is 0 Å². The van der Waals surface area contributed by atoms with Gasteiger partial charge in [-0.2, -0.15) is 0 Å². The van der Waals surface area contributed by atoms with Crippen molar-refractivity contribution in [2.45, 2.75) is 27.7 Å². The molecule has 0 saturated heterocycles. The lowest BCUT2D eigenvalue weighted by molar-refractivity contribution is -0.128. The third-order valence-electron chi connectivity index (χ3n) is 3.66. The highest BCUT2D eigenvalue weighted by molar-refractivity contribution is 9.10. The van der Waals surface area contributed by atoms with Gasteiger partial charge in [0.05, 0.1) is 0 Å². The molecule has 0 aliphatic rings. The highest BCUT2D eigenvalue weighted by atomic mass is 79.9. The summed E-state index contributed by atoms with van der Waals surface area (Å²) in [6.07, 6.45) is 1.67. The van der Waals surface area contributed by atoms with Gasteiger partial charge in [-0.05, 0) is 42.8 Å². The topological polar surface area (TPSA) is 58.2 Å². The molecule has 0 radical (unpaired) electrons. The Hall–Kier alpha value is -2.40. The molecule has 2 amide bonds. The smallest absolute Gasteiger partial charge is 0.272 e. The summed E-state index contributed by atoms with van der Waals surface area (Å²) in [5.41, 5.74) is 2.19. The fraction of sp³-hybridized carbons (Fsp3) is 0.238. The molecule has 0 heterocycles. The molecule has 0 fully saturated rings. The predicted molar refractivity (Wildman–Crippen MR) is 110 cm³/mol. The Kier molecular flexibility index (Phi) is 6.37. The maximum atomic E-state index is 12.7. The molecule has 5 heteroatoms. The first-order valence-corrected chi connectivity index (χ1v) is 9.11. The normalized spacial score (nSPS) is 11.8. The van der Waals surface area contributed by atoms with Crippen LogP contribution in [-0.2, 0) is 9.59 Å². The van der Waals surface area contributed by atoms with Gasteiger partial charge in [-0.3, -0.25) is 9.59 Å². The number of hydrogen-bond acceptors (Lipinski definition) is 2. The van der Waals surface area contributed by atoms with Gasteiger partial charge in [-0.1, -0.05) is 66.5 Å². The number of halogens is 1. The minimum atomic E-state index is -0.608. The molecule has 0 unspecified atom stereocenters. The van der Waals surface area contributed by atoms with Crippen molar-refractivity contribution in [3.05, 3.63) is 69.8 Å². The van der Waals surface area contributed by atoms with E-state index in [4.69, 9.17) is 0 Å². The van der Waals surface area contributed by atoms with Crippen LogP contribution in [0.15, 0.2) is 58.7 Å². The van der Waals surface area contributed by atoms with Gasteiger partial charge in [0.2, 0.25) is 5.91 Å². The molecule has 0 aliphatic heterocycles. The van der Waals surface area contributed by atoms with E-state index in [0.717, 1.165) is 15.6 Å². The van der Waals surface area contributed by atoms with Gasteiger partial charge in [0.1, 0.15) is 5.70 Å². The molecule has 0 atom stereocenters. The van der Waals surface area contributed by atoms with E-state index in [1.54, 1.807) is 26.8 Å². The first kappa shape index (κ1) is 19.9. The molecule has 26 heavy (non-hydrogen) atoms. The van der Waals surface area contributed by atoms with Crippen LogP contribution in [0.4, 0.5) is 5.69 Å². The predicted octanol–water partition coefficient (Wildman–Crippen LogP) is 4.90. The molecule has 0 aliphatic carbocycles. The lowest BCUT2D eigenvalue weighted by atomic mass is 9.95. The molecule has 136 valence electrons.